The lowest BCUT2D eigenvalue weighted by molar-refractivity contribution is -0.138. The van der Waals surface area contributed by atoms with Crippen LogP contribution in [0.1, 0.15) is 23.1 Å². The van der Waals surface area contributed by atoms with Crippen LogP contribution in [0.2, 0.25) is 0 Å². The molecule has 1 unspecified atom stereocenters. The first-order chi connectivity index (χ1) is 11.8. The van der Waals surface area contributed by atoms with Crippen molar-refractivity contribution in [3.63, 3.8) is 0 Å². The number of amides is 1. The first-order valence-electron chi connectivity index (χ1n) is 7.82. The van der Waals surface area contributed by atoms with Gasteiger partial charge in [-0.3, -0.25) is 4.79 Å². The molecule has 7 heteroatoms. The third-order valence-electron chi connectivity index (χ3n) is 4.20. The Labute approximate surface area is 142 Å². The summed E-state index contributed by atoms with van der Waals surface area (Å²) in [6.45, 7) is -0.177. The highest BCUT2D eigenvalue weighted by atomic mass is 19.4. The minimum atomic E-state index is -4.48. The molecule has 0 saturated carbocycles. The number of fused-ring (bicyclic) bond motifs is 1. The van der Waals surface area contributed by atoms with Crippen LogP contribution in [0, 0.1) is 5.82 Å². The molecule has 2 aromatic rings. The molecular formula is C18H16F4N2O. The van der Waals surface area contributed by atoms with Crippen molar-refractivity contribution in [3.8, 4) is 0 Å². The maximum atomic E-state index is 13.1. The third kappa shape index (κ3) is 3.92. The number of aryl methyl sites for hydroxylation is 1. The molecule has 0 aromatic heterocycles. The lowest BCUT2D eigenvalue weighted by atomic mass is 10.0. The van der Waals surface area contributed by atoms with Crippen LogP contribution in [-0.4, -0.2) is 11.9 Å². The van der Waals surface area contributed by atoms with Crippen molar-refractivity contribution in [1.82, 2.24) is 5.32 Å². The zero-order chi connectivity index (χ0) is 18.0. The summed E-state index contributed by atoms with van der Waals surface area (Å²) in [6.07, 6.45) is -3.60. The molecule has 0 saturated heterocycles. The van der Waals surface area contributed by atoms with Crippen LogP contribution in [0.5, 0.6) is 0 Å². The second-order valence-electron chi connectivity index (χ2n) is 5.91. The number of hydrogen-bond acceptors (Lipinski definition) is 2. The SMILES string of the molecule is O=C1NCc2c(cccc2C(F)(F)F)NC1CCc1ccc(F)cc1. The van der Waals surface area contributed by atoms with Crippen LogP contribution >= 0.6 is 0 Å². The quantitative estimate of drug-likeness (QED) is 0.823. The summed E-state index contributed by atoms with van der Waals surface area (Å²) in [4.78, 5) is 12.2. The van der Waals surface area contributed by atoms with E-state index in [0.717, 1.165) is 11.6 Å². The van der Waals surface area contributed by atoms with E-state index in [1.807, 2.05) is 0 Å². The Morgan fingerprint density at radius 2 is 1.80 bits per heavy atom. The fourth-order valence-corrected chi connectivity index (χ4v) is 2.90. The van der Waals surface area contributed by atoms with E-state index in [1.165, 1.54) is 24.3 Å². The van der Waals surface area contributed by atoms with Gasteiger partial charge in [0.1, 0.15) is 11.9 Å². The van der Waals surface area contributed by atoms with Crippen molar-refractivity contribution in [2.24, 2.45) is 0 Å². The lowest BCUT2D eigenvalue weighted by Crippen LogP contribution is -2.37. The number of nitrogens with one attached hydrogen (secondary N) is 2. The highest BCUT2D eigenvalue weighted by Crippen LogP contribution is 2.36. The lowest BCUT2D eigenvalue weighted by Gasteiger charge is -2.18. The van der Waals surface area contributed by atoms with Gasteiger partial charge in [-0.05, 0) is 42.7 Å². The predicted octanol–water partition coefficient (Wildman–Crippen LogP) is 3.89. The number of anilines is 1. The summed E-state index contributed by atoms with van der Waals surface area (Å²) < 4.78 is 52.3. The molecule has 0 fully saturated rings. The summed E-state index contributed by atoms with van der Waals surface area (Å²) in [5.41, 5.74) is 0.436. The average molecular weight is 352 g/mol. The van der Waals surface area contributed by atoms with Gasteiger partial charge >= 0.3 is 6.18 Å². The van der Waals surface area contributed by atoms with Gasteiger partial charge in [0.05, 0.1) is 5.56 Å². The van der Waals surface area contributed by atoms with Gasteiger partial charge in [0.15, 0.2) is 0 Å². The van der Waals surface area contributed by atoms with E-state index in [9.17, 15) is 22.4 Å². The highest BCUT2D eigenvalue weighted by molar-refractivity contribution is 5.86. The van der Waals surface area contributed by atoms with E-state index in [2.05, 4.69) is 10.6 Å². The maximum Gasteiger partial charge on any atom is 0.416 e. The normalized spacial score (nSPS) is 17.3. The second kappa shape index (κ2) is 6.74. The molecule has 0 bridgehead atoms. The van der Waals surface area contributed by atoms with Crippen molar-refractivity contribution < 1.29 is 22.4 Å². The van der Waals surface area contributed by atoms with Gasteiger partial charge in [0.2, 0.25) is 5.91 Å². The summed E-state index contributed by atoms with van der Waals surface area (Å²) in [5.74, 6) is -0.700. The molecule has 0 aliphatic carbocycles. The molecule has 1 aliphatic heterocycles. The van der Waals surface area contributed by atoms with Crippen molar-refractivity contribution in [1.29, 1.82) is 0 Å². The summed E-state index contributed by atoms with van der Waals surface area (Å²) >= 11 is 0. The molecule has 1 amide bonds. The molecule has 1 aliphatic rings. The van der Waals surface area contributed by atoms with Crippen molar-refractivity contribution >= 4 is 11.6 Å². The number of rotatable bonds is 3. The van der Waals surface area contributed by atoms with Gasteiger partial charge in [0, 0.05) is 17.8 Å². The number of hydrogen-bond donors (Lipinski definition) is 2. The van der Waals surface area contributed by atoms with Crippen LogP contribution in [0.3, 0.4) is 0 Å². The molecule has 25 heavy (non-hydrogen) atoms. The van der Waals surface area contributed by atoms with Gasteiger partial charge in [0.25, 0.3) is 0 Å². The number of carbonyl (C=O) groups is 1. The average Bonchev–Trinajstić information content (AvgIpc) is 2.72. The largest absolute Gasteiger partial charge is 0.416 e. The Morgan fingerprint density at radius 1 is 1.08 bits per heavy atom. The van der Waals surface area contributed by atoms with E-state index in [0.29, 0.717) is 18.5 Å². The number of benzene rings is 2. The highest BCUT2D eigenvalue weighted by Gasteiger charge is 2.35. The van der Waals surface area contributed by atoms with Gasteiger partial charge in [-0.15, -0.1) is 0 Å². The monoisotopic (exact) mass is 352 g/mol. The van der Waals surface area contributed by atoms with Crippen LogP contribution in [0.4, 0.5) is 23.2 Å². The van der Waals surface area contributed by atoms with Gasteiger partial charge in [-0.25, -0.2) is 4.39 Å². The molecule has 132 valence electrons. The van der Waals surface area contributed by atoms with Crippen molar-refractivity contribution in [3.05, 3.63) is 65.0 Å². The molecular weight excluding hydrogens is 336 g/mol. The fourth-order valence-electron chi connectivity index (χ4n) is 2.90. The Bertz CT molecular complexity index is 772. The third-order valence-corrected chi connectivity index (χ3v) is 4.20. The maximum absolute atomic E-state index is 13.1. The fraction of sp³-hybridized carbons (Fsp3) is 0.278. The minimum Gasteiger partial charge on any atom is -0.373 e. The zero-order valence-electron chi connectivity index (χ0n) is 13.2. The number of alkyl halides is 3. The van der Waals surface area contributed by atoms with E-state index in [-0.39, 0.29) is 23.8 Å². The van der Waals surface area contributed by atoms with E-state index in [4.69, 9.17) is 0 Å². The van der Waals surface area contributed by atoms with Gasteiger partial charge in [-0.2, -0.15) is 13.2 Å². The van der Waals surface area contributed by atoms with Gasteiger partial charge in [-0.1, -0.05) is 18.2 Å². The topological polar surface area (TPSA) is 41.1 Å². The molecule has 3 rings (SSSR count). The standard InChI is InChI=1S/C18H16F4N2O/c19-12-7-4-11(5-8-12)6-9-16-17(25)23-10-13-14(18(20,21)22)2-1-3-15(13)24-16/h1-5,7-8,16,24H,6,9-10H2,(H,23,25). The molecule has 0 radical (unpaired) electrons. The van der Waals surface area contributed by atoms with E-state index in [1.54, 1.807) is 12.1 Å². The molecule has 0 spiro atoms. The van der Waals surface area contributed by atoms with E-state index >= 15 is 0 Å². The second-order valence-corrected chi connectivity index (χ2v) is 5.91. The Kier molecular flexibility index (Phi) is 4.65. The predicted molar refractivity (Wildman–Crippen MR) is 85.4 cm³/mol. The molecule has 1 atom stereocenters. The Balaban J connectivity index is 1.79. The Hall–Kier alpha value is -2.57. The first-order valence-corrected chi connectivity index (χ1v) is 7.82. The smallest absolute Gasteiger partial charge is 0.373 e. The summed E-state index contributed by atoms with van der Waals surface area (Å²) in [6, 6.07) is 9.12. The number of halogens is 4. The first kappa shape index (κ1) is 17.3. The van der Waals surface area contributed by atoms with E-state index < -0.39 is 17.8 Å². The molecule has 2 aromatic carbocycles. The Morgan fingerprint density at radius 3 is 2.48 bits per heavy atom. The minimum absolute atomic E-state index is 0.0348. The van der Waals surface area contributed by atoms with Crippen LogP contribution in [0.15, 0.2) is 42.5 Å². The summed E-state index contributed by atoms with van der Waals surface area (Å²) in [5, 5.41) is 5.46. The summed E-state index contributed by atoms with van der Waals surface area (Å²) in [7, 11) is 0. The van der Waals surface area contributed by atoms with Crippen LogP contribution in [0.25, 0.3) is 0 Å². The number of carbonyl (C=O) groups excluding carboxylic acids is 1. The molecule has 1 heterocycles. The zero-order valence-corrected chi connectivity index (χ0v) is 13.2. The van der Waals surface area contributed by atoms with Gasteiger partial charge < -0.3 is 10.6 Å². The van der Waals surface area contributed by atoms with Crippen LogP contribution < -0.4 is 10.6 Å². The molecule has 3 nitrogen and oxygen atoms in total. The van der Waals surface area contributed by atoms with Crippen molar-refractivity contribution in [2.45, 2.75) is 31.6 Å². The van der Waals surface area contributed by atoms with Crippen molar-refractivity contribution in [2.75, 3.05) is 5.32 Å². The van der Waals surface area contributed by atoms with Crippen LogP contribution in [-0.2, 0) is 23.9 Å². The molecule has 2 N–H and O–H groups in total.